The molecule has 29 heavy (non-hydrogen) atoms. The van der Waals surface area contributed by atoms with Crippen LogP contribution in [0.5, 0.6) is 0 Å². The Balaban J connectivity index is 2.23. The summed E-state index contributed by atoms with van der Waals surface area (Å²) in [5, 5.41) is 4.18. The Hall–Kier alpha value is -2.04. The van der Waals surface area contributed by atoms with E-state index < -0.39 is 6.04 Å². The summed E-state index contributed by atoms with van der Waals surface area (Å²) in [7, 11) is 0. The predicted octanol–water partition coefficient (Wildman–Crippen LogP) is 5.26. The second kappa shape index (κ2) is 11.8. The summed E-state index contributed by atoms with van der Waals surface area (Å²) < 4.78 is 0. The molecule has 0 spiro atoms. The highest BCUT2D eigenvalue weighted by Gasteiger charge is 2.28. The average Bonchev–Trinajstić information content (AvgIpc) is 2.69. The number of rotatable bonds is 10. The zero-order valence-corrected chi connectivity index (χ0v) is 18.5. The van der Waals surface area contributed by atoms with Crippen LogP contribution in [0.2, 0.25) is 10.0 Å². The molecule has 0 heterocycles. The van der Waals surface area contributed by atoms with Crippen LogP contribution in [0.1, 0.15) is 44.2 Å². The normalized spacial score (nSPS) is 11.7. The molecule has 1 N–H and O–H groups in total. The van der Waals surface area contributed by atoms with Gasteiger partial charge in [0.25, 0.3) is 0 Å². The summed E-state index contributed by atoms with van der Waals surface area (Å²) in [5.41, 5.74) is 1.75. The van der Waals surface area contributed by atoms with E-state index in [1.54, 1.807) is 29.2 Å². The van der Waals surface area contributed by atoms with Crippen molar-refractivity contribution < 1.29 is 9.59 Å². The molecule has 0 saturated heterocycles. The fourth-order valence-electron chi connectivity index (χ4n) is 3.14. The third-order valence-electron chi connectivity index (χ3n) is 4.73. The van der Waals surface area contributed by atoms with Crippen molar-refractivity contribution in [1.82, 2.24) is 10.2 Å². The summed E-state index contributed by atoms with van der Waals surface area (Å²) in [6.07, 6.45) is 2.63. The zero-order chi connectivity index (χ0) is 21.2. The fraction of sp³-hybridized carbons (Fsp3) is 0.391. The monoisotopic (exact) mass is 434 g/mol. The number of hydrogen-bond donors (Lipinski definition) is 1. The molecule has 2 amide bonds. The molecule has 0 aromatic heterocycles. The van der Waals surface area contributed by atoms with Crippen LogP contribution in [0.4, 0.5) is 0 Å². The van der Waals surface area contributed by atoms with Gasteiger partial charge in [0.2, 0.25) is 11.8 Å². The van der Waals surface area contributed by atoms with Crippen LogP contribution < -0.4 is 5.32 Å². The lowest BCUT2D eigenvalue weighted by Crippen LogP contribution is -2.49. The van der Waals surface area contributed by atoms with Crippen molar-refractivity contribution in [3.05, 3.63) is 69.7 Å². The van der Waals surface area contributed by atoms with E-state index >= 15 is 0 Å². The zero-order valence-electron chi connectivity index (χ0n) is 17.0. The lowest BCUT2D eigenvalue weighted by Gasteiger charge is -2.31. The molecule has 4 nitrogen and oxygen atoms in total. The summed E-state index contributed by atoms with van der Waals surface area (Å²) in [5.74, 6) is -0.228. The standard InChI is InChI=1S/C23H28Cl2N2O2/c1-3-5-13-26-23(29)21(4-2)27(16-17-9-11-19(24)12-10-17)22(28)15-18-7-6-8-20(25)14-18/h6-12,14,21H,3-5,13,15-16H2,1-2H3,(H,26,29)/t21-/m1/s1. The lowest BCUT2D eigenvalue weighted by atomic mass is 10.1. The minimum absolute atomic E-state index is 0.111. The van der Waals surface area contributed by atoms with Gasteiger partial charge >= 0.3 is 0 Å². The molecule has 156 valence electrons. The van der Waals surface area contributed by atoms with Crippen LogP contribution in [0.25, 0.3) is 0 Å². The molecular formula is C23H28Cl2N2O2. The van der Waals surface area contributed by atoms with Gasteiger partial charge in [0.1, 0.15) is 6.04 Å². The molecule has 0 radical (unpaired) electrons. The Kier molecular flexibility index (Phi) is 9.49. The number of carbonyl (C=O) groups is 2. The molecular weight excluding hydrogens is 407 g/mol. The first-order chi connectivity index (χ1) is 13.9. The van der Waals surface area contributed by atoms with Gasteiger partial charge < -0.3 is 10.2 Å². The highest BCUT2D eigenvalue weighted by Crippen LogP contribution is 2.18. The first-order valence-electron chi connectivity index (χ1n) is 10.0. The van der Waals surface area contributed by atoms with E-state index in [1.165, 1.54) is 0 Å². The van der Waals surface area contributed by atoms with Crippen LogP contribution >= 0.6 is 23.2 Å². The molecule has 2 aromatic carbocycles. The van der Waals surface area contributed by atoms with E-state index in [9.17, 15) is 9.59 Å². The summed E-state index contributed by atoms with van der Waals surface area (Å²) in [6.45, 7) is 4.95. The van der Waals surface area contributed by atoms with Crippen molar-refractivity contribution in [3.8, 4) is 0 Å². The maximum Gasteiger partial charge on any atom is 0.242 e. The van der Waals surface area contributed by atoms with Gasteiger partial charge in [-0.1, -0.05) is 67.7 Å². The topological polar surface area (TPSA) is 49.4 Å². The van der Waals surface area contributed by atoms with Crippen LogP contribution in [-0.2, 0) is 22.6 Å². The van der Waals surface area contributed by atoms with Gasteiger partial charge in [0, 0.05) is 23.1 Å². The van der Waals surface area contributed by atoms with E-state index in [4.69, 9.17) is 23.2 Å². The first-order valence-corrected chi connectivity index (χ1v) is 10.8. The molecule has 0 aliphatic carbocycles. The van der Waals surface area contributed by atoms with Gasteiger partial charge in [-0.05, 0) is 48.2 Å². The Morgan fingerprint density at radius 3 is 2.34 bits per heavy atom. The van der Waals surface area contributed by atoms with Crippen molar-refractivity contribution in [2.45, 2.75) is 52.1 Å². The molecule has 2 aromatic rings. The summed E-state index contributed by atoms with van der Waals surface area (Å²) >= 11 is 12.0. The number of nitrogens with one attached hydrogen (secondary N) is 1. The van der Waals surface area contributed by atoms with Gasteiger partial charge in [-0.3, -0.25) is 9.59 Å². The summed E-state index contributed by atoms with van der Waals surface area (Å²) in [6, 6.07) is 14.1. The quantitative estimate of drug-likeness (QED) is 0.518. The predicted molar refractivity (Wildman–Crippen MR) is 119 cm³/mol. The van der Waals surface area contributed by atoms with Crippen molar-refractivity contribution in [1.29, 1.82) is 0 Å². The molecule has 0 saturated carbocycles. The van der Waals surface area contributed by atoms with E-state index in [0.717, 1.165) is 24.0 Å². The minimum atomic E-state index is -0.533. The Bertz CT molecular complexity index is 809. The van der Waals surface area contributed by atoms with Crippen LogP contribution in [0, 0.1) is 0 Å². The Morgan fingerprint density at radius 1 is 1.00 bits per heavy atom. The number of amides is 2. The smallest absolute Gasteiger partial charge is 0.242 e. The van der Waals surface area contributed by atoms with Gasteiger partial charge in [0.05, 0.1) is 6.42 Å². The van der Waals surface area contributed by atoms with E-state index in [1.807, 2.05) is 31.2 Å². The van der Waals surface area contributed by atoms with Gasteiger partial charge in [-0.2, -0.15) is 0 Å². The van der Waals surface area contributed by atoms with Crippen LogP contribution in [0.3, 0.4) is 0 Å². The SMILES string of the molecule is CCCCNC(=O)[C@@H](CC)N(Cc1ccc(Cl)cc1)C(=O)Cc1cccc(Cl)c1. The lowest BCUT2D eigenvalue weighted by molar-refractivity contribution is -0.140. The fourth-order valence-corrected chi connectivity index (χ4v) is 3.47. The van der Waals surface area contributed by atoms with E-state index in [0.29, 0.717) is 29.6 Å². The number of carbonyl (C=O) groups excluding carboxylic acids is 2. The highest BCUT2D eigenvalue weighted by molar-refractivity contribution is 6.30. The molecule has 0 aliphatic rings. The molecule has 0 aliphatic heterocycles. The minimum Gasteiger partial charge on any atom is -0.354 e. The average molecular weight is 435 g/mol. The maximum atomic E-state index is 13.2. The van der Waals surface area contributed by atoms with Crippen LogP contribution in [0.15, 0.2) is 48.5 Å². The summed E-state index contributed by atoms with van der Waals surface area (Å²) in [4.78, 5) is 27.7. The highest BCUT2D eigenvalue weighted by atomic mass is 35.5. The number of hydrogen-bond acceptors (Lipinski definition) is 2. The van der Waals surface area contributed by atoms with Gasteiger partial charge in [0.15, 0.2) is 0 Å². The second-order valence-corrected chi connectivity index (χ2v) is 7.90. The van der Waals surface area contributed by atoms with Crippen LogP contribution in [-0.4, -0.2) is 29.3 Å². The van der Waals surface area contributed by atoms with Gasteiger partial charge in [-0.15, -0.1) is 0 Å². The number of nitrogens with zero attached hydrogens (tertiary/aromatic N) is 1. The maximum absolute atomic E-state index is 13.2. The molecule has 1 atom stereocenters. The largest absolute Gasteiger partial charge is 0.354 e. The molecule has 0 unspecified atom stereocenters. The molecule has 0 fully saturated rings. The first kappa shape index (κ1) is 23.2. The number of unbranched alkanes of at least 4 members (excludes halogenated alkanes) is 1. The third kappa shape index (κ3) is 7.37. The molecule has 6 heteroatoms. The molecule has 2 rings (SSSR count). The van der Waals surface area contributed by atoms with Gasteiger partial charge in [-0.25, -0.2) is 0 Å². The number of benzene rings is 2. The van der Waals surface area contributed by atoms with Crippen molar-refractivity contribution >= 4 is 35.0 Å². The van der Waals surface area contributed by atoms with E-state index in [2.05, 4.69) is 12.2 Å². The Morgan fingerprint density at radius 2 is 1.72 bits per heavy atom. The Labute approximate surface area is 183 Å². The third-order valence-corrected chi connectivity index (χ3v) is 5.21. The number of halogens is 2. The van der Waals surface area contributed by atoms with Crippen molar-refractivity contribution in [2.75, 3.05) is 6.54 Å². The molecule has 0 bridgehead atoms. The van der Waals surface area contributed by atoms with Crippen molar-refractivity contribution in [2.24, 2.45) is 0 Å². The van der Waals surface area contributed by atoms with E-state index in [-0.39, 0.29) is 18.2 Å². The van der Waals surface area contributed by atoms with Crippen molar-refractivity contribution in [3.63, 3.8) is 0 Å². The second-order valence-electron chi connectivity index (χ2n) is 7.02.